The predicted molar refractivity (Wildman–Crippen MR) is 216 cm³/mol. The van der Waals surface area contributed by atoms with Crippen molar-refractivity contribution in [3.8, 4) is 22.1 Å². The molecule has 2 aliphatic heterocycles. The lowest BCUT2D eigenvalue weighted by molar-refractivity contribution is -0.131. The molecule has 290 valence electrons. The average molecular weight is 805 g/mol. The summed E-state index contributed by atoms with van der Waals surface area (Å²) in [6, 6.07) is 18.5. The van der Waals surface area contributed by atoms with E-state index in [0.29, 0.717) is 21.9 Å². The Bertz CT molecular complexity index is 2600. The number of hydrogen-bond donors (Lipinski definition) is 3. The number of imide groups is 2. The number of aromatic nitrogens is 2. The summed E-state index contributed by atoms with van der Waals surface area (Å²) in [4.78, 5) is 62.0. The number of para-hydroxylation sites is 1. The Balaban J connectivity index is 1.16. The SMILES string of the molecule is CCOc1cccc(C2C3=CCC4C(=O)N(c5cccc(B(O)O)c5)C(=O)C4C3CC3C(=O)N(c4cc(-c5sc6ccc(Cl)cc6c5C)nn4C)C(=O)C32C)c1O. The molecule has 1 saturated carbocycles. The normalized spacial score (nSPS) is 25.5. The van der Waals surface area contributed by atoms with E-state index in [1.165, 1.54) is 21.7 Å². The lowest BCUT2D eigenvalue weighted by Gasteiger charge is -2.49. The molecule has 3 aromatic carbocycles. The molecule has 6 atom stereocenters. The highest BCUT2D eigenvalue weighted by atomic mass is 35.5. The van der Waals surface area contributed by atoms with Crippen LogP contribution in [0.2, 0.25) is 5.02 Å². The number of thiophene rings is 1. The second-order valence-corrected chi connectivity index (χ2v) is 17.0. The van der Waals surface area contributed by atoms with Crippen LogP contribution in [0.4, 0.5) is 11.5 Å². The van der Waals surface area contributed by atoms with Crippen LogP contribution in [0, 0.1) is 36.0 Å². The number of fused-ring (bicyclic) bond motifs is 5. The minimum atomic E-state index is -1.80. The largest absolute Gasteiger partial charge is 0.504 e. The number of nitrogens with zero attached hydrogens (tertiary/aromatic N) is 4. The zero-order valence-electron chi connectivity index (χ0n) is 31.5. The van der Waals surface area contributed by atoms with Crippen molar-refractivity contribution in [2.45, 2.75) is 39.5 Å². The molecule has 57 heavy (non-hydrogen) atoms. The van der Waals surface area contributed by atoms with Gasteiger partial charge in [-0.05, 0) is 92.3 Å². The van der Waals surface area contributed by atoms with Crippen molar-refractivity contribution in [1.82, 2.24) is 9.78 Å². The molecule has 15 heteroatoms. The molecule has 4 aliphatic rings. The Morgan fingerprint density at radius 3 is 2.51 bits per heavy atom. The van der Waals surface area contributed by atoms with Gasteiger partial charge in [-0.15, -0.1) is 11.3 Å². The summed E-state index contributed by atoms with van der Waals surface area (Å²) in [7, 11) is -0.115. The molecule has 3 fully saturated rings. The number of aryl methyl sites for hydroxylation is 2. The average Bonchev–Trinajstić information content (AvgIpc) is 3.86. The number of halogens is 1. The van der Waals surface area contributed by atoms with E-state index in [-0.39, 0.29) is 47.9 Å². The number of anilines is 2. The first kappa shape index (κ1) is 37.3. The third-order valence-corrected chi connectivity index (χ3v) is 14.1. The number of phenolic OH excluding ortho intramolecular Hbond substituents is 1. The van der Waals surface area contributed by atoms with Crippen molar-refractivity contribution >= 4 is 80.7 Å². The number of carbonyl (C=O) groups is 4. The molecule has 3 N–H and O–H groups in total. The van der Waals surface area contributed by atoms with Gasteiger partial charge in [-0.25, -0.2) is 4.90 Å². The Morgan fingerprint density at radius 2 is 1.75 bits per heavy atom. The number of ether oxygens (including phenoxy) is 1. The fourth-order valence-corrected chi connectivity index (χ4v) is 11.2. The predicted octanol–water partition coefficient (Wildman–Crippen LogP) is 5.48. The fraction of sp³-hybridized carbons (Fsp3) is 0.310. The van der Waals surface area contributed by atoms with Crippen LogP contribution in [-0.4, -0.2) is 62.3 Å². The van der Waals surface area contributed by atoms with Gasteiger partial charge in [-0.3, -0.25) is 28.8 Å². The minimum Gasteiger partial charge on any atom is -0.504 e. The zero-order valence-corrected chi connectivity index (χ0v) is 33.0. The first-order chi connectivity index (χ1) is 27.3. The summed E-state index contributed by atoms with van der Waals surface area (Å²) in [6.07, 6.45) is 2.21. The van der Waals surface area contributed by atoms with Crippen molar-refractivity contribution in [2.24, 2.45) is 36.1 Å². The van der Waals surface area contributed by atoms with Crippen LogP contribution in [0.3, 0.4) is 0 Å². The second-order valence-electron chi connectivity index (χ2n) is 15.5. The van der Waals surface area contributed by atoms with Gasteiger partial charge in [0.2, 0.25) is 23.6 Å². The maximum Gasteiger partial charge on any atom is 0.488 e. The van der Waals surface area contributed by atoms with Gasteiger partial charge in [0, 0.05) is 34.3 Å². The summed E-state index contributed by atoms with van der Waals surface area (Å²) in [5.74, 6) is -5.52. The number of benzene rings is 3. The van der Waals surface area contributed by atoms with Crippen molar-refractivity contribution in [3.05, 3.63) is 94.5 Å². The maximum atomic E-state index is 15.2. The fourth-order valence-electron chi connectivity index (χ4n) is 9.92. The molecule has 9 rings (SSSR count). The van der Waals surface area contributed by atoms with Crippen LogP contribution in [0.25, 0.3) is 20.7 Å². The summed E-state index contributed by atoms with van der Waals surface area (Å²) in [5, 5.41) is 37.9. The summed E-state index contributed by atoms with van der Waals surface area (Å²) < 4.78 is 8.34. The van der Waals surface area contributed by atoms with E-state index >= 15 is 4.79 Å². The van der Waals surface area contributed by atoms with Crippen LogP contribution >= 0.6 is 22.9 Å². The van der Waals surface area contributed by atoms with Crippen LogP contribution in [0.5, 0.6) is 11.5 Å². The molecule has 6 unspecified atom stereocenters. The molecule has 0 radical (unpaired) electrons. The first-order valence-corrected chi connectivity index (χ1v) is 20.1. The number of allylic oxidation sites excluding steroid dienone is 2. The van der Waals surface area contributed by atoms with E-state index in [2.05, 4.69) is 0 Å². The number of phenols is 1. The van der Waals surface area contributed by atoms with Crippen molar-refractivity contribution in [3.63, 3.8) is 0 Å². The zero-order chi connectivity index (χ0) is 40.2. The number of carbonyl (C=O) groups excluding carboxylic acids is 4. The molecule has 2 aromatic heterocycles. The topological polar surface area (TPSA) is 162 Å². The molecule has 0 bridgehead atoms. The Hall–Kier alpha value is -5.28. The number of hydrogen-bond acceptors (Lipinski definition) is 10. The highest BCUT2D eigenvalue weighted by Gasteiger charge is 2.68. The number of rotatable bonds is 7. The van der Waals surface area contributed by atoms with Crippen molar-refractivity contribution in [1.29, 1.82) is 0 Å². The van der Waals surface area contributed by atoms with E-state index in [0.717, 1.165) is 25.4 Å². The van der Waals surface area contributed by atoms with E-state index in [4.69, 9.17) is 21.4 Å². The Labute approximate surface area is 337 Å². The van der Waals surface area contributed by atoms with Gasteiger partial charge in [0.1, 0.15) is 11.5 Å². The molecule has 4 amide bonds. The second kappa shape index (κ2) is 13.4. The first-order valence-electron chi connectivity index (χ1n) is 18.9. The standard InChI is InChI=1S/C42H38BClN4O8S/c1-5-56-31-11-7-10-26(36(31)49)35-24-13-14-25-34(40(52)47(38(25)50)23-9-6-8-21(16-23)43(54)55)28(24)18-29-39(51)48(41(53)42(29,35)3)33-19-30(45-46(33)4)37-20(2)27-17-22(44)12-15-32(27)57-37/h6-13,15-17,19,25,28-29,34-35,49,54-55H,5,14,18H2,1-4H3. The monoisotopic (exact) mass is 804 g/mol. The number of amides is 4. The lowest BCUT2D eigenvalue weighted by Crippen LogP contribution is -2.49. The Morgan fingerprint density at radius 1 is 0.982 bits per heavy atom. The third-order valence-electron chi connectivity index (χ3n) is 12.6. The van der Waals surface area contributed by atoms with Crippen LogP contribution in [0.1, 0.15) is 43.7 Å². The molecular formula is C42H38BClN4O8S. The highest BCUT2D eigenvalue weighted by Crippen LogP contribution is 2.65. The van der Waals surface area contributed by atoms with Gasteiger partial charge < -0.3 is 19.9 Å². The van der Waals surface area contributed by atoms with E-state index < -0.39 is 65.8 Å². The molecule has 0 spiro atoms. The molecule has 2 aliphatic carbocycles. The van der Waals surface area contributed by atoms with Gasteiger partial charge in [-0.2, -0.15) is 5.10 Å². The minimum absolute atomic E-state index is 0.107. The van der Waals surface area contributed by atoms with E-state index in [1.54, 1.807) is 68.6 Å². The maximum absolute atomic E-state index is 15.2. The summed E-state index contributed by atoms with van der Waals surface area (Å²) in [6.45, 7) is 5.82. The Kier molecular flexibility index (Phi) is 8.78. The summed E-state index contributed by atoms with van der Waals surface area (Å²) in [5.41, 5.74) is 1.58. The van der Waals surface area contributed by atoms with Gasteiger partial charge in [0.05, 0.1) is 40.3 Å². The van der Waals surface area contributed by atoms with Gasteiger partial charge >= 0.3 is 7.12 Å². The van der Waals surface area contributed by atoms with Crippen LogP contribution < -0.4 is 20.0 Å². The number of aromatic hydroxyl groups is 1. The van der Waals surface area contributed by atoms with Crippen molar-refractivity contribution in [2.75, 3.05) is 16.4 Å². The molecule has 4 heterocycles. The van der Waals surface area contributed by atoms with E-state index in [1.807, 2.05) is 31.2 Å². The molecule has 12 nitrogen and oxygen atoms in total. The molecule has 2 saturated heterocycles. The molecular weight excluding hydrogens is 767 g/mol. The van der Waals surface area contributed by atoms with Crippen LogP contribution in [0.15, 0.2) is 78.4 Å². The third kappa shape index (κ3) is 5.37. The van der Waals surface area contributed by atoms with Crippen LogP contribution in [-0.2, 0) is 26.2 Å². The van der Waals surface area contributed by atoms with Gasteiger partial charge in [-0.1, -0.05) is 47.5 Å². The highest BCUT2D eigenvalue weighted by molar-refractivity contribution is 7.22. The van der Waals surface area contributed by atoms with E-state index in [9.17, 15) is 29.5 Å². The summed E-state index contributed by atoms with van der Waals surface area (Å²) >= 11 is 7.86. The quantitative estimate of drug-likeness (QED) is 0.110. The van der Waals surface area contributed by atoms with Crippen molar-refractivity contribution < 1.29 is 39.1 Å². The van der Waals surface area contributed by atoms with Gasteiger partial charge in [0.25, 0.3) is 0 Å². The van der Waals surface area contributed by atoms with Gasteiger partial charge in [0.15, 0.2) is 11.5 Å². The lowest BCUT2D eigenvalue weighted by atomic mass is 9.51. The smallest absolute Gasteiger partial charge is 0.488 e. The molecule has 5 aromatic rings.